The second-order valence-corrected chi connectivity index (χ2v) is 7.93. The summed E-state index contributed by atoms with van der Waals surface area (Å²) >= 11 is 6.52. The number of nitrogens with one attached hydrogen (secondary N) is 1. The second-order valence-electron chi connectivity index (χ2n) is 7.55. The van der Waals surface area contributed by atoms with Crippen LogP contribution in [0.25, 0.3) is 0 Å². The van der Waals surface area contributed by atoms with E-state index in [1.807, 2.05) is 11.5 Å². The molecule has 1 heterocycles. The van der Waals surface area contributed by atoms with Crippen LogP contribution >= 0.6 is 11.6 Å². The highest BCUT2D eigenvalue weighted by molar-refractivity contribution is 6.33. The van der Waals surface area contributed by atoms with Crippen molar-refractivity contribution >= 4 is 17.4 Å². The summed E-state index contributed by atoms with van der Waals surface area (Å²) in [6, 6.07) is 2.59. The molecular weight excluding hydrogens is 308 g/mol. The van der Waals surface area contributed by atoms with E-state index < -0.39 is 0 Å². The Labute approximate surface area is 144 Å². The van der Waals surface area contributed by atoms with Gasteiger partial charge in [-0.1, -0.05) is 39.3 Å². The maximum absolute atomic E-state index is 8.89. The quantitative estimate of drug-likeness (QED) is 0.842. The molecule has 1 saturated carbocycles. The summed E-state index contributed by atoms with van der Waals surface area (Å²) in [5.41, 5.74) is 1.36. The number of nitriles is 1. The molecular formula is C18H28ClN4+. The molecule has 2 rings (SSSR count). The maximum Gasteiger partial charge on any atom is 0.289 e. The Balaban J connectivity index is 2.06. The van der Waals surface area contributed by atoms with Crippen molar-refractivity contribution in [3.8, 4) is 6.07 Å². The number of hydrogen-bond donors (Lipinski definition) is 1. The first-order valence-electron chi connectivity index (χ1n) is 8.57. The fourth-order valence-corrected chi connectivity index (χ4v) is 3.83. The van der Waals surface area contributed by atoms with Crippen LogP contribution in [0.1, 0.15) is 59.1 Å². The molecule has 0 unspecified atom stereocenters. The van der Waals surface area contributed by atoms with Crippen LogP contribution in [0.3, 0.4) is 0 Å². The standard InChI is InChI=1S/C18H27ClN4/c1-5-15-16(19)17(21-12-23(15)11-10-20)22-14-8-6-13(7-9-14)18(2,3)4/h12-14H,5-9,11H2,1-4H3/p+1. The smallest absolute Gasteiger partial charge is 0.289 e. The predicted octanol–water partition coefficient (Wildman–Crippen LogP) is 4.13. The van der Waals surface area contributed by atoms with Gasteiger partial charge >= 0.3 is 0 Å². The summed E-state index contributed by atoms with van der Waals surface area (Å²) in [7, 11) is 0. The summed E-state index contributed by atoms with van der Waals surface area (Å²) in [4.78, 5) is 4.44. The largest absolute Gasteiger partial charge is 0.345 e. The lowest BCUT2D eigenvalue weighted by Crippen LogP contribution is -2.39. The Hall–Kier alpha value is -1.34. The van der Waals surface area contributed by atoms with Gasteiger partial charge in [0.2, 0.25) is 0 Å². The molecule has 5 heteroatoms. The van der Waals surface area contributed by atoms with E-state index >= 15 is 0 Å². The molecule has 1 aromatic rings. The monoisotopic (exact) mass is 335 g/mol. The van der Waals surface area contributed by atoms with Crippen LogP contribution in [-0.4, -0.2) is 11.0 Å². The highest BCUT2D eigenvalue weighted by Crippen LogP contribution is 2.38. The van der Waals surface area contributed by atoms with Crippen LogP contribution in [-0.2, 0) is 13.0 Å². The number of halogens is 1. The van der Waals surface area contributed by atoms with Crippen LogP contribution in [0.2, 0.25) is 5.02 Å². The number of hydrogen-bond acceptors (Lipinski definition) is 3. The van der Waals surface area contributed by atoms with E-state index in [0.29, 0.717) is 16.5 Å². The summed E-state index contributed by atoms with van der Waals surface area (Å²) < 4.78 is 1.82. The van der Waals surface area contributed by atoms with Crippen molar-refractivity contribution in [3.05, 3.63) is 17.0 Å². The third-order valence-electron chi connectivity index (χ3n) is 5.00. The van der Waals surface area contributed by atoms with Gasteiger partial charge in [-0.05, 0) is 42.0 Å². The molecule has 0 saturated heterocycles. The number of aromatic nitrogens is 2. The maximum atomic E-state index is 8.89. The van der Waals surface area contributed by atoms with E-state index in [4.69, 9.17) is 16.9 Å². The van der Waals surface area contributed by atoms with Gasteiger partial charge in [0.1, 0.15) is 11.8 Å². The summed E-state index contributed by atoms with van der Waals surface area (Å²) in [5, 5.41) is 13.1. The zero-order valence-corrected chi connectivity index (χ0v) is 15.5. The predicted molar refractivity (Wildman–Crippen MR) is 93.3 cm³/mol. The third-order valence-corrected chi connectivity index (χ3v) is 5.40. The Morgan fingerprint density at radius 2 is 2.00 bits per heavy atom. The van der Waals surface area contributed by atoms with Crippen molar-refractivity contribution in [2.75, 3.05) is 5.32 Å². The van der Waals surface area contributed by atoms with Crippen LogP contribution in [0.15, 0.2) is 6.33 Å². The first-order chi connectivity index (χ1) is 10.9. The van der Waals surface area contributed by atoms with Crippen molar-refractivity contribution in [2.24, 2.45) is 11.3 Å². The van der Waals surface area contributed by atoms with Crippen molar-refractivity contribution < 1.29 is 4.57 Å². The van der Waals surface area contributed by atoms with Gasteiger partial charge in [-0.25, -0.2) is 4.57 Å². The minimum absolute atomic E-state index is 0.285. The van der Waals surface area contributed by atoms with Crippen LogP contribution in [0, 0.1) is 22.7 Å². The van der Waals surface area contributed by atoms with E-state index in [-0.39, 0.29) is 6.54 Å². The Kier molecular flexibility index (Phi) is 5.86. The lowest BCUT2D eigenvalue weighted by Gasteiger charge is -2.37. The molecule has 23 heavy (non-hydrogen) atoms. The van der Waals surface area contributed by atoms with Gasteiger partial charge in [0.05, 0.1) is 0 Å². The fourth-order valence-electron chi connectivity index (χ4n) is 3.49. The summed E-state index contributed by atoms with van der Waals surface area (Å²) in [5.74, 6) is 1.56. The second kappa shape index (κ2) is 7.49. The van der Waals surface area contributed by atoms with Gasteiger partial charge in [-0.15, -0.1) is 0 Å². The van der Waals surface area contributed by atoms with Crippen LogP contribution in [0.4, 0.5) is 5.82 Å². The molecule has 4 nitrogen and oxygen atoms in total. The third kappa shape index (κ3) is 4.35. The van der Waals surface area contributed by atoms with Crippen molar-refractivity contribution in [2.45, 2.75) is 72.4 Å². The average Bonchev–Trinajstić information content (AvgIpc) is 2.50. The number of anilines is 1. The van der Waals surface area contributed by atoms with Gasteiger partial charge in [0.25, 0.3) is 12.1 Å². The molecule has 126 valence electrons. The van der Waals surface area contributed by atoms with Gasteiger partial charge in [0, 0.05) is 12.5 Å². The number of rotatable bonds is 4. The molecule has 1 N–H and O–H groups in total. The molecule has 0 atom stereocenters. The first kappa shape index (κ1) is 18.0. The fraction of sp³-hybridized carbons (Fsp3) is 0.722. The first-order valence-corrected chi connectivity index (χ1v) is 8.94. The molecule has 0 radical (unpaired) electrons. The van der Waals surface area contributed by atoms with E-state index in [1.54, 1.807) is 6.33 Å². The summed E-state index contributed by atoms with van der Waals surface area (Å²) in [6.07, 6.45) is 7.33. The molecule has 1 fully saturated rings. The zero-order valence-electron chi connectivity index (χ0n) is 14.7. The SMILES string of the molecule is CCc1c(Cl)c(NC2CCC(C(C)(C)C)CC2)nc[n+]1CC#N. The van der Waals surface area contributed by atoms with E-state index in [0.717, 1.165) is 36.7 Å². The van der Waals surface area contributed by atoms with Crippen molar-refractivity contribution in [1.82, 2.24) is 4.98 Å². The van der Waals surface area contributed by atoms with E-state index in [2.05, 4.69) is 37.1 Å². The minimum atomic E-state index is 0.285. The molecule has 1 aliphatic carbocycles. The molecule has 0 spiro atoms. The van der Waals surface area contributed by atoms with E-state index in [9.17, 15) is 0 Å². The van der Waals surface area contributed by atoms with Gasteiger partial charge in [-0.3, -0.25) is 0 Å². The Bertz CT molecular complexity index is 578. The average molecular weight is 336 g/mol. The zero-order chi connectivity index (χ0) is 17.0. The van der Waals surface area contributed by atoms with Gasteiger partial charge in [0.15, 0.2) is 11.6 Å². The highest BCUT2D eigenvalue weighted by Gasteiger charge is 2.31. The lowest BCUT2D eigenvalue weighted by molar-refractivity contribution is -0.695. The lowest BCUT2D eigenvalue weighted by atomic mass is 9.71. The van der Waals surface area contributed by atoms with Gasteiger partial charge in [-0.2, -0.15) is 5.26 Å². The Morgan fingerprint density at radius 3 is 2.52 bits per heavy atom. The minimum Gasteiger partial charge on any atom is -0.345 e. The molecule has 0 bridgehead atoms. The van der Waals surface area contributed by atoms with E-state index in [1.165, 1.54) is 12.8 Å². The summed E-state index contributed by atoms with van der Waals surface area (Å²) in [6.45, 7) is 9.34. The Morgan fingerprint density at radius 1 is 1.35 bits per heavy atom. The molecule has 1 aromatic heterocycles. The molecule has 0 aliphatic heterocycles. The van der Waals surface area contributed by atoms with Crippen molar-refractivity contribution in [3.63, 3.8) is 0 Å². The molecule has 0 amide bonds. The topological polar surface area (TPSA) is 52.6 Å². The van der Waals surface area contributed by atoms with Crippen molar-refractivity contribution in [1.29, 1.82) is 5.26 Å². The highest BCUT2D eigenvalue weighted by atomic mass is 35.5. The molecule has 0 aromatic carbocycles. The van der Waals surface area contributed by atoms with Gasteiger partial charge < -0.3 is 5.32 Å². The molecule has 1 aliphatic rings. The normalized spacial score (nSPS) is 21.7. The number of nitrogens with zero attached hydrogens (tertiary/aromatic N) is 3. The van der Waals surface area contributed by atoms with Crippen LogP contribution in [0.5, 0.6) is 0 Å². The van der Waals surface area contributed by atoms with Crippen LogP contribution < -0.4 is 9.88 Å².